The molecule has 2 unspecified atom stereocenters. The Morgan fingerprint density at radius 2 is 1.92 bits per heavy atom. The Morgan fingerprint density at radius 3 is 2.79 bits per heavy atom. The van der Waals surface area contributed by atoms with Crippen LogP contribution in [0.25, 0.3) is 0 Å². The summed E-state index contributed by atoms with van der Waals surface area (Å²) in [6.07, 6.45) is 3.56. The molecule has 1 aliphatic heterocycles. The maximum atomic E-state index is 10.3. The highest BCUT2D eigenvalue weighted by Crippen LogP contribution is 2.35. The summed E-state index contributed by atoms with van der Waals surface area (Å²) in [6.45, 7) is 1.35. The van der Waals surface area contributed by atoms with Crippen molar-refractivity contribution >= 4 is 11.8 Å². The molecule has 0 aromatic heterocycles. The third kappa shape index (κ3) is 4.63. The maximum Gasteiger partial charge on any atom is 0.123 e. The zero-order chi connectivity index (χ0) is 16.6. The van der Waals surface area contributed by atoms with Crippen LogP contribution in [0, 0.1) is 0 Å². The molecule has 4 heteroatoms. The molecule has 1 N–H and O–H groups in total. The lowest BCUT2D eigenvalue weighted by atomic mass is 9.96. The second-order valence-corrected chi connectivity index (χ2v) is 6.75. The number of benzene rings is 2. The van der Waals surface area contributed by atoms with Crippen molar-refractivity contribution in [3.05, 3.63) is 72.3 Å². The van der Waals surface area contributed by atoms with Crippen LogP contribution in [-0.4, -0.2) is 36.8 Å². The summed E-state index contributed by atoms with van der Waals surface area (Å²) in [4.78, 5) is 1.26. The lowest BCUT2D eigenvalue weighted by Gasteiger charge is -2.16. The lowest BCUT2D eigenvalue weighted by molar-refractivity contribution is 0.0290. The van der Waals surface area contributed by atoms with Gasteiger partial charge < -0.3 is 14.6 Å². The molecule has 1 heterocycles. The predicted molar refractivity (Wildman–Crippen MR) is 97.8 cm³/mol. The van der Waals surface area contributed by atoms with Crippen LogP contribution < -0.4 is 4.74 Å². The van der Waals surface area contributed by atoms with Crippen molar-refractivity contribution in [1.82, 2.24) is 0 Å². The van der Waals surface area contributed by atoms with E-state index in [0.29, 0.717) is 19.8 Å². The first kappa shape index (κ1) is 17.1. The van der Waals surface area contributed by atoms with Gasteiger partial charge in [-0.15, -0.1) is 11.8 Å². The van der Waals surface area contributed by atoms with Gasteiger partial charge in [-0.25, -0.2) is 0 Å². The van der Waals surface area contributed by atoms with Crippen LogP contribution in [-0.2, 0) is 4.74 Å². The van der Waals surface area contributed by atoms with Gasteiger partial charge in [0, 0.05) is 22.1 Å². The minimum Gasteiger partial charge on any atom is -0.493 e. The molecule has 2 atom stereocenters. The molecule has 0 saturated carbocycles. The highest BCUT2D eigenvalue weighted by atomic mass is 32.2. The van der Waals surface area contributed by atoms with E-state index in [1.807, 2.05) is 48.5 Å². The highest BCUT2D eigenvalue weighted by molar-refractivity contribution is 7.99. The summed E-state index contributed by atoms with van der Waals surface area (Å²) in [5.41, 5.74) is 1.07. The van der Waals surface area contributed by atoms with Crippen LogP contribution in [0.3, 0.4) is 0 Å². The van der Waals surface area contributed by atoms with E-state index in [0.717, 1.165) is 17.1 Å². The smallest absolute Gasteiger partial charge is 0.123 e. The van der Waals surface area contributed by atoms with Crippen LogP contribution in [0.15, 0.2) is 71.6 Å². The highest BCUT2D eigenvalue weighted by Gasteiger charge is 2.29. The summed E-state index contributed by atoms with van der Waals surface area (Å²) < 4.78 is 11.2. The lowest BCUT2D eigenvalue weighted by Crippen LogP contribution is -2.25. The van der Waals surface area contributed by atoms with Gasteiger partial charge >= 0.3 is 0 Å². The molecular formula is C20H22O3S. The number of aliphatic hydroxyl groups is 1. The van der Waals surface area contributed by atoms with Gasteiger partial charge in [-0.05, 0) is 18.2 Å². The number of para-hydroxylation sites is 1. The van der Waals surface area contributed by atoms with Crippen molar-refractivity contribution in [1.29, 1.82) is 0 Å². The number of aliphatic hydroxyl groups excluding tert-OH is 1. The zero-order valence-electron chi connectivity index (χ0n) is 13.5. The first-order valence-electron chi connectivity index (χ1n) is 8.15. The third-order valence-corrected chi connectivity index (χ3v) is 4.92. The molecule has 0 saturated heterocycles. The predicted octanol–water partition coefficient (Wildman–Crippen LogP) is 3.89. The normalized spacial score (nSPS) is 17.6. The molecule has 0 fully saturated rings. The molecule has 0 radical (unpaired) electrons. The third-order valence-electron chi connectivity index (χ3n) is 3.96. The first-order chi connectivity index (χ1) is 11.8. The van der Waals surface area contributed by atoms with E-state index in [-0.39, 0.29) is 5.92 Å². The van der Waals surface area contributed by atoms with Crippen molar-refractivity contribution in [2.75, 3.05) is 25.6 Å². The summed E-state index contributed by atoms with van der Waals surface area (Å²) in [5.74, 6) is 1.79. The van der Waals surface area contributed by atoms with Crippen LogP contribution >= 0.6 is 11.8 Å². The quantitative estimate of drug-likeness (QED) is 0.449. The average molecular weight is 342 g/mol. The van der Waals surface area contributed by atoms with E-state index >= 15 is 0 Å². The number of thioether (sulfide) groups is 1. The van der Waals surface area contributed by atoms with Gasteiger partial charge in [0.2, 0.25) is 0 Å². The van der Waals surface area contributed by atoms with Gasteiger partial charge in [0.15, 0.2) is 0 Å². The van der Waals surface area contributed by atoms with E-state index in [1.165, 1.54) is 4.90 Å². The number of hydrogen-bond donors (Lipinski definition) is 1. The Kier molecular flexibility index (Phi) is 6.35. The maximum absolute atomic E-state index is 10.3. The minimum absolute atomic E-state index is 0.00110. The standard InChI is InChI=1S/C20H22O3S/c21-19(18-14-23-20-11-5-4-10-17(18)20)15-22-12-6-7-13-24-16-8-2-1-3-9-16/h1-11,18-19,21H,12-15H2/b7-6+. The summed E-state index contributed by atoms with van der Waals surface area (Å²) >= 11 is 1.79. The van der Waals surface area contributed by atoms with Gasteiger partial charge in [0.1, 0.15) is 5.75 Å². The van der Waals surface area contributed by atoms with E-state index < -0.39 is 6.10 Å². The van der Waals surface area contributed by atoms with Gasteiger partial charge in [-0.1, -0.05) is 48.6 Å². The first-order valence-corrected chi connectivity index (χ1v) is 9.13. The molecule has 126 valence electrons. The second-order valence-electron chi connectivity index (χ2n) is 5.66. The fourth-order valence-corrected chi connectivity index (χ4v) is 3.45. The molecule has 2 aromatic carbocycles. The Bertz CT molecular complexity index is 657. The Balaban J connectivity index is 1.34. The van der Waals surface area contributed by atoms with Gasteiger partial charge in [-0.2, -0.15) is 0 Å². The largest absolute Gasteiger partial charge is 0.493 e. The van der Waals surface area contributed by atoms with Crippen LogP contribution in [0.5, 0.6) is 5.75 Å². The number of hydrogen-bond acceptors (Lipinski definition) is 4. The Labute approximate surface area is 147 Å². The van der Waals surface area contributed by atoms with E-state index in [9.17, 15) is 5.11 Å². The van der Waals surface area contributed by atoms with E-state index in [4.69, 9.17) is 9.47 Å². The van der Waals surface area contributed by atoms with Crippen molar-refractivity contribution in [3.8, 4) is 5.75 Å². The zero-order valence-corrected chi connectivity index (χ0v) is 14.3. The molecule has 1 aliphatic rings. The monoisotopic (exact) mass is 342 g/mol. The Morgan fingerprint density at radius 1 is 1.12 bits per heavy atom. The number of fused-ring (bicyclic) bond motifs is 1. The molecule has 0 bridgehead atoms. The molecular weight excluding hydrogens is 320 g/mol. The molecule has 3 nitrogen and oxygen atoms in total. The van der Waals surface area contributed by atoms with Gasteiger partial charge in [0.25, 0.3) is 0 Å². The minimum atomic E-state index is -0.541. The van der Waals surface area contributed by atoms with E-state index in [1.54, 1.807) is 11.8 Å². The SMILES string of the molecule is OC(COC/C=C/CSc1ccccc1)C1COc2ccccc21. The van der Waals surface area contributed by atoms with Crippen LogP contribution in [0.2, 0.25) is 0 Å². The van der Waals surface area contributed by atoms with Crippen molar-refractivity contribution in [2.45, 2.75) is 16.9 Å². The van der Waals surface area contributed by atoms with Gasteiger partial charge in [-0.3, -0.25) is 0 Å². The van der Waals surface area contributed by atoms with E-state index in [2.05, 4.69) is 18.2 Å². The fourth-order valence-electron chi connectivity index (χ4n) is 2.68. The fraction of sp³-hybridized carbons (Fsp3) is 0.300. The second kappa shape index (κ2) is 8.92. The van der Waals surface area contributed by atoms with Gasteiger partial charge in [0.05, 0.1) is 25.9 Å². The summed E-state index contributed by atoms with van der Waals surface area (Å²) in [5, 5.41) is 10.3. The van der Waals surface area contributed by atoms with Crippen molar-refractivity contribution in [3.63, 3.8) is 0 Å². The molecule has 24 heavy (non-hydrogen) atoms. The number of rotatable bonds is 8. The van der Waals surface area contributed by atoms with Crippen LogP contribution in [0.4, 0.5) is 0 Å². The Hall–Kier alpha value is -1.75. The van der Waals surface area contributed by atoms with Crippen LogP contribution in [0.1, 0.15) is 11.5 Å². The molecule has 0 amide bonds. The topological polar surface area (TPSA) is 38.7 Å². The average Bonchev–Trinajstić information content (AvgIpc) is 3.06. The van der Waals surface area contributed by atoms with Crippen molar-refractivity contribution in [2.24, 2.45) is 0 Å². The number of ether oxygens (including phenoxy) is 2. The summed E-state index contributed by atoms with van der Waals surface area (Å²) in [7, 11) is 0. The molecule has 2 aromatic rings. The molecule has 0 spiro atoms. The molecule has 0 aliphatic carbocycles. The molecule has 3 rings (SSSR count). The summed E-state index contributed by atoms with van der Waals surface area (Å²) in [6, 6.07) is 18.2. The van der Waals surface area contributed by atoms with Crippen molar-refractivity contribution < 1.29 is 14.6 Å².